The number of allylic oxidation sites excluding steroid dienone is 1. The summed E-state index contributed by atoms with van der Waals surface area (Å²) in [7, 11) is 2.04. The first-order valence-corrected chi connectivity index (χ1v) is 8.79. The number of nitrogens with one attached hydrogen (secondary N) is 1. The number of hydrogen-bond acceptors (Lipinski definition) is 5. The van der Waals surface area contributed by atoms with Gasteiger partial charge in [-0.1, -0.05) is 12.1 Å². The van der Waals surface area contributed by atoms with E-state index in [1.54, 1.807) is 12.3 Å². The van der Waals surface area contributed by atoms with E-state index >= 15 is 0 Å². The van der Waals surface area contributed by atoms with E-state index in [-0.39, 0.29) is 6.54 Å². The number of aromatic nitrogens is 1. The minimum absolute atomic E-state index is 0.113. The number of piperazine rings is 1. The van der Waals surface area contributed by atoms with Crippen LogP contribution in [-0.4, -0.2) is 66.8 Å². The fraction of sp³-hybridized carbons (Fsp3) is 0.444. The van der Waals surface area contributed by atoms with Gasteiger partial charge in [0.15, 0.2) is 0 Å². The molecule has 2 aliphatic rings. The lowest BCUT2D eigenvalue weighted by Crippen LogP contribution is -2.45. The van der Waals surface area contributed by atoms with E-state index in [2.05, 4.69) is 25.1 Å². The SMILES string of the molecule is CN1CCN(c2ncccc2CNC(=O)C2C=CC(C(F)(F)F)=NC2=O)CC1. The lowest BCUT2D eigenvalue weighted by Gasteiger charge is -2.34. The summed E-state index contributed by atoms with van der Waals surface area (Å²) in [4.78, 5) is 35.8. The van der Waals surface area contributed by atoms with Crippen LogP contribution >= 0.6 is 0 Å². The van der Waals surface area contributed by atoms with Gasteiger partial charge in [-0.3, -0.25) is 9.59 Å². The van der Waals surface area contributed by atoms with E-state index in [0.29, 0.717) is 6.08 Å². The second-order valence-corrected chi connectivity index (χ2v) is 6.66. The molecule has 2 amide bonds. The largest absolute Gasteiger partial charge is 0.433 e. The predicted molar refractivity (Wildman–Crippen MR) is 96.9 cm³/mol. The third kappa shape index (κ3) is 4.56. The maximum Gasteiger partial charge on any atom is 0.433 e. The van der Waals surface area contributed by atoms with Crippen LogP contribution in [0.3, 0.4) is 0 Å². The molecule has 0 aliphatic carbocycles. The molecule has 0 bridgehead atoms. The Balaban J connectivity index is 1.64. The Morgan fingerprint density at radius 3 is 2.64 bits per heavy atom. The van der Waals surface area contributed by atoms with Crippen LogP contribution < -0.4 is 10.2 Å². The summed E-state index contributed by atoms with van der Waals surface area (Å²) in [5, 5.41) is 2.60. The highest BCUT2D eigenvalue weighted by atomic mass is 19.4. The first-order chi connectivity index (χ1) is 13.3. The second kappa shape index (κ2) is 8.09. The molecular weight excluding hydrogens is 375 g/mol. The lowest BCUT2D eigenvalue weighted by atomic mass is 10.0. The van der Waals surface area contributed by atoms with Crippen molar-refractivity contribution in [2.24, 2.45) is 10.9 Å². The summed E-state index contributed by atoms with van der Waals surface area (Å²) in [6.45, 7) is 3.49. The van der Waals surface area contributed by atoms with E-state index in [4.69, 9.17) is 0 Å². The monoisotopic (exact) mass is 395 g/mol. The summed E-state index contributed by atoms with van der Waals surface area (Å²) in [6.07, 6.45) is -1.47. The molecule has 1 fully saturated rings. The van der Waals surface area contributed by atoms with Gasteiger partial charge in [0.2, 0.25) is 5.91 Å². The average Bonchev–Trinajstić information content (AvgIpc) is 2.66. The zero-order valence-corrected chi connectivity index (χ0v) is 15.2. The number of nitrogens with zero attached hydrogens (tertiary/aromatic N) is 4. The zero-order chi connectivity index (χ0) is 20.3. The van der Waals surface area contributed by atoms with Gasteiger partial charge in [-0.2, -0.15) is 13.2 Å². The molecule has 10 heteroatoms. The van der Waals surface area contributed by atoms with Crippen molar-refractivity contribution in [3.8, 4) is 0 Å². The average molecular weight is 395 g/mol. The van der Waals surface area contributed by atoms with Crippen molar-refractivity contribution in [1.82, 2.24) is 15.2 Å². The predicted octanol–water partition coefficient (Wildman–Crippen LogP) is 1.17. The molecule has 1 unspecified atom stereocenters. The Morgan fingerprint density at radius 2 is 2.00 bits per heavy atom. The first-order valence-electron chi connectivity index (χ1n) is 8.79. The van der Waals surface area contributed by atoms with Crippen molar-refractivity contribution in [3.63, 3.8) is 0 Å². The van der Waals surface area contributed by atoms with E-state index in [9.17, 15) is 22.8 Å². The number of rotatable bonds is 4. The number of carbonyl (C=O) groups is 2. The van der Waals surface area contributed by atoms with E-state index < -0.39 is 29.6 Å². The third-order valence-corrected chi connectivity index (χ3v) is 4.64. The first kappa shape index (κ1) is 20.0. The summed E-state index contributed by atoms with van der Waals surface area (Å²) in [5.41, 5.74) is -0.529. The number of dihydropyridines is 1. The number of alkyl halides is 3. The number of halogens is 3. The zero-order valence-electron chi connectivity index (χ0n) is 15.2. The maximum absolute atomic E-state index is 12.6. The van der Waals surface area contributed by atoms with Crippen molar-refractivity contribution < 1.29 is 22.8 Å². The van der Waals surface area contributed by atoms with Gasteiger partial charge in [-0.25, -0.2) is 9.98 Å². The molecule has 0 saturated carbocycles. The standard InChI is InChI=1S/C18H20F3N5O2/c1-25-7-9-26(10-8-25)15-12(3-2-6-22-15)11-23-16(27)13-4-5-14(18(19,20)21)24-17(13)28/h2-6,13H,7-11H2,1H3,(H,23,27). The van der Waals surface area contributed by atoms with Crippen LogP contribution in [0.2, 0.25) is 0 Å². The van der Waals surface area contributed by atoms with Crippen molar-refractivity contribution in [1.29, 1.82) is 0 Å². The molecule has 0 aromatic carbocycles. The van der Waals surface area contributed by atoms with Crippen molar-refractivity contribution >= 4 is 23.3 Å². The molecule has 1 aromatic heterocycles. The lowest BCUT2D eigenvalue weighted by molar-refractivity contribution is -0.131. The van der Waals surface area contributed by atoms with Gasteiger partial charge in [0.1, 0.15) is 17.4 Å². The summed E-state index contributed by atoms with van der Waals surface area (Å²) >= 11 is 0. The summed E-state index contributed by atoms with van der Waals surface area (Å²) in [6, 6.07) is 3.56. The molecule has 0 spiro atoms. The molecule has 1 aromatic rings. The highest BCUT2D eigenvalue weighted by Crippen LogP contribution is 2.23. The molecule has 1 N–H and O–H groups in total. The molecule has 28 heavy (non-hydrogen) atoms. The van der Waals surface area contributed by atoms with Crippen LogP contribution in [0, 0.1) is 5.92 Å². The van der Waals surface area contributed by atoms with Gasteiger partial charge >= 0.3 is 6.18 Å². The number of carbonyl (C=O) groups excluding carboxylic acids is 2. The van der Waals surface area contributed by atoms with Crippen LogP contribution in [0.15, 0.2) is 35.5 Å². The minimum atomic E-state index is -4.72. The molecule has 7 nitrogen and oxygen atoms in total. The van der Waals surface area contributed by atoms with Gasteiger partial charge in [0.25, 0.3) is 5.91 Å². The van der Waals surface area contributed by atoms with E-state index in [1.807, 2.05) is 13.1 Å². The van der Waals surface area contributed by atoms with Crippen LogP contribution in [0.25, 0.3) is 0 Å². The summed E-state index contributed by atoms with van der Waals surface area (Å²) in [5.74, 6) is -2.44. The number of likely N-dealkylation sites (N-methyl/N-ethyl adjacent to an activating group) is 1. The Kier molecular flexibility index (Phi) is 5.78. The van der Waals surface area contributed by atoms with Gasteiger partial charge in [0.05, 0.1) is 0 Å². The van der Waals surface area contributed by atoms with Gasteiger partial charge in [0, 0.05) is 44.5 Å². The Bertz CT molecular complexity index is 814. The quantitative estimate of drug-likeness (QED) is 0.775. The van der Waals surface area contributed by atoms with Crippen LogP contribution in [0.5, 0.6) is 0 Å². The van der Waals surface area contributed by atoms with Crippen molar-refractivity contribution in [2.75, 3.05) is 38.1 Å². The Morgan fingerprint density at radius 1 is 1.29 bits per heavy atom. The number of pyridine rings is 1. The number of amides is 2. The molecule has 150 valence electrons. The fourth-order valence-corrected chi connectivity index (χ4v) is 3.02. The topological polar surface area (TPSA) is 77.9 Å². The van der Waals surface area contributed by atoms with Crippen molar-refractivity contribution in [2.45, 2.75) is 12.7 Å². The van der Waals surface area contributed by atoms with Crippen LogP contribution in [-0.2, 0) is 16.1 Å². The number of hydrogen-bond donors (Lipinski definition) is 1. The van der Waals surface area contributed by atoms with Gasteiger partial charge < -0.3 is 15.1 Å². The molecular formula is C18H20F3N5O2. The van der Waals surface area contributed by atoms with Crippen molar-refractivity contribution in [3.05, 3.63) is 36.0 Å². The van der Waals surface area contributed by atoms with Gasteiger partial charge in [-0.05, 0) is 19.2 Å². The summed E-state index contributed by atoms with van der Waals surface area (Å²) < 4.78 is 37.8. The number of aliphatic imine (C=N–C) groups is 1. The number of anilines is 1. The Labute approximate surface area is 159 Å². The molecule has 0 radical (unpaired) electrons. The van der Waals surface area contributed by atoms with Crippen LogP contribution in [0.4, 0.5) is 19.0 Å². The third-order valence-electron chi connectivity index (χ3n) is 4.64. The van der Waals surface area contributed by atoms with E-state index in [1.165, 1.54) is 0 Å². The van der Waals surface area contributed by atoms with Gasteiger partial charge in [-0.15, -0.1) is 0 Å². The van der Waals surface area contributed by atoms with Crippen LogP contribution in [0.1, 0.15) is 5.56 Å². The minimum Gasteiger partial charge on any atom is -0.354 e. The molecule has 1 saturated heterocycles. The highest BCUT2D eigenvalue weighted by molar-refractivity contribution is 6.14. The van der Waals surface area contributed by atoms with E-state index in [0.717, 1.165) is 43.6 Å². The smallest absolute Gasteiger partial charge is 0.354 e. The normalized spacial score (nSPS) is 20.9. The molecule has 1 atom stereocenters. The maximum atomic E-state index is 12.6. The molecule has 2 aliphatic heterocycles. The molecule has 3 heterocycles. The second-order valence-electron chi connectivity index (χ2n) is 6.66. The highest BCUT2D eigenvalue weighted by Gasteiger charge is 2.38. The Hall–Kier alpha value is -2.75. The molecule has 3 rings (SSSR count). The fourth-order valence-electron chi connectivity index (χ4n) is 3.02.